The first-order chi connectivity index (χ1) is 12.5. The van der Waals surface area contributed by atoms with E-state index in [0.717, 1.165) is 36.8 Å². The third-order valence-electron chi connectivity index (χ3n) is 4.70. The van der Waals surface area contributed by atoms with E-state index in [1.165, 1.54) is 16.2 Å². The molecule has 138 valence electrons. The highest BCUT2D eigenvalue weighted by molar-refractivity contribution is 7.17. The van der Waals surface area contributed by atoms with Crippen LogP contribution in [0.15, 0.2) is 24.3 Å². The number of amides is 2. The zero-order valence-corrected chi connectivity index (χ0v) is 16.3. The fourth-order valence-electron chi connectivity index (χ4n) is 3.30. The monoisotopic (exact) mass is 392 g/mol. The number of primary amides is 1. The zero-order chi connectivity index (χ0) is 18.7. The Balaban J connectivity index is 1.65. The topological polar surface area (TPSA) is 88.8 Å². The van der Waals surface area contributed by atoms with E-state index in [-0.39, 0.29) is 18.5 Å². The molecule has 0 saturated heterocycles. The predicted octanol–water partition coefficient (Wildman–Crippen LogP) is 2.64. The SMILES string of the molecule is C[C@@H]([NH2+]CC(=O)Nc1sc2c(c1C(N)=O)CCCC2)c1cccc(Cl)c1. The van der Waals surface area contributed by atoms with Gasteiger partial charge in [0, 0.05) is 15.5 Å². The van der Waals surface area contributed by atoms with Gasteiger partial charge in [-0.3, -0.25) is 9.59 Å². The molecule has 5 N–H and O–H groups in total. The molecular formula is C19H23ClN3O2S+. The normalized spacial score (nSPS) is 14.5. The van der Waals surface area contributed by atoms with Gasteiger partial charge in [0.15, 0.2) is 6.54 Å². The molecule has 1 atom stereocenters. The van der Waals surface area contributed by atoms with Crippen molar-refractivity contribution >= 4 is 39.8 Å². The lowest BCUT2D eigenvalue weighted by atomic mass is 9.95. The number of benzene rings is 1. The summed E-state index contributed by atoms with van der Waals surface area (Å²) in [6, 6.07) is 7.72. The summed E-state index contributed by atoms with van der Waals surface area (Å²) in [4.78, 5) is 25.4. The van der Waals surface area contributed by atoms with Gasteiger partial charge < -0.3 is 16.4 Å². The summed E-state index contributed by atoms with van der Waals surface area (Å²) in [5.41, 5.74) is 8.16. The third kappa shape index (κ3) is 4.26. The highest BCUT2D eigenvalue weighted by Crippen LogP contribution is 2.37. The van der Waals surface area contributed by atoms with Gasteiger partial charge in [0.25, 0.3) is 11.8 Å². The van der Waals surface area contributed by atoms with Crippen LogP contribution in [0, 0.1) is 0 Å². The minimum absolute atomic E-state index is 0.103. The molecule has 0 aliphatic heterocycles. The lowest BCUT2D eigenvalue weighted by Gasteiger charge is -2.12. The number of hydrogen-bond acceptors (Lipinski definition) is 3. The molecule has 0 unspecified atom stereocenters. The number of rotatable bonds is 6. The Morgan fingerprint density at radius 3 is 2.85 bits per heavy atom. The molecule has 1 aliphatic rings. The number of carbonyl (C=O) groups is 2. The molecule has 0 saturated carbocycles. The second-order valence-electron chi connectivity index (χ2n) is 6.61. The standard InChI is InChI=1S/C19H22ClN3O2S/c1-11(12-5-4-6-13(20)9-12)22-10-16(24)23-19-17(18(21)25)14-7-2-3-8-15(14)26-19/h4-6,9,11,22H,2-3,7-8,10H2,1H3,(H2,21,25)(H,23,24)/p+1/t11-/m1/s1. The first-order valence-corrected chi connectivity index (χ1v) is 9.98. The van der Waals surface area contributed by atoms with E-state index in [9.17, 15) is 9.59 Å². The molecule has 26 heavy (non-hydrogen) atoms. The van der Waals surface area contributed by atoms with Gasteiger partial charge in [0.2, 0.25) is 0 Å². The molecule has 7 heteroatoms. The maximum absolute atomic E-state index is 12.4. The molecule has 3 rings (SSSR count). The number of aryl methyl sites for hydroxylation is 1. The van der Waals surface area contributed by atoms with Crippen LogP contribution < -0.4 is 16.4 Å². The van der Waals surface area contributed by atoms with Crippen LogP contribution in [-0.2, 0) is 17.6 Å². The van der Waals surface area contributed by atoms with Gasteiger partial charge in [-0.1, -0.05) is 23.7 Å². The maximum atomic E-state index is 12.4. The Kier molecular flexibility index (Phi) is 5.96. The number of hydrogen-bond donors (Lipinski definition) is 3. The summed E-state index contributed by atoms with van der Waals surface area (Å²) < 4.78 is 0. The van der Waals surface area contributed by atoms with Gasteiger partial charge in [-0.15, -0.1) is 11.3 Å². The molecule has 1 aliphatic carbocycles. The van der Waals surface area contributed by atoms with Gasteiger partial charge in [-0.05, 0) is 50.3 Å². The first-order valence-electron chi connectivity index (χ1n) is 8.78. The smallest absolute Gasteiger partial charge is 0.280 e. The molecule has 0 radical (unpaired) electrons. The maximum Gasteiger partial charge on any atom is 0.280 e. The summed E-state index contributed by atoms with van der Waals surface area (Å²) in [6.07, 6.45) is 3.98. The van der Waals surface area contributed by atoms with Crippen molar-refractivity contribution in [2.45, 2.75) is 38.6 Å². The minimum Gasteiger partial charge on any atom is -0.365 e. The average Bonchev–Trinajstić information content (AvgIpc) is 2.97. The van der Waals surface area contributed by atoms with Gasteiger partial charge in [-0.2, -0.15) is 0 Å². The van der Waals surface area contributed by atoms with Crippen molar-refractivity contribution in [3.8, 4) is 0 Å². The molecule has 0 bridgehead atoms. The van der Waals surface area contributed by atoms with Crippen LogP contribution in [0.3, 0.4) is 0 Å². The van der Waals surface area contributed by atoms with E-state index >= 15 is 0 Å². The Bertz CT molecular complexity index is 834. The van der Waals surface area contributed by atoms with Crippen LogP contribution in [0.2, 0.25) is 5.02 Å². The van der Waals surface area contributed by atoms with Crippen LogP contribution in [0.1, 0.15) is 52.2 Å². The number of nitrogens with two attached hydrogens (primary N) is 2. The molecule has 0 fully saturated rings. The predicted molar refractivity (Wildman–Crippen MR) is 105 cm³/mol. The van der Waals surface area contributed by atoms with Crippen LogP contribution in [0.4, 0.5) is 5.00 Å². The molecule has 1 aromatic carbocycles. The zero-order valence-electron chi connectivity index (χ0n) is 14.7. The summed E-state index contributed by atoms with van der Waals surface area (Å²) >= 11 is 7.51. The van der Waals surface area contributed by atoms with E-state index in [4.69, 9.17) is 17.3 Å². The summed E-state index contributed by atoms with van der Waals surface area (Å²) in [7, 11) is 0. The fraction of sp³-hybridized carbons (Fsp3) is 0.368. The number of fused-ring (bicyclic) bond motifs is 1. The Morgan fingerprint density at radius 1 is 1.35 bits per heavy atom. The van der Waals surface area contributed by atoms with Crippen molar-refractivity contribution in [2.75, 3.05) is 11.9 Å². The van der Waals surface area contributed by atoms with Gasteiger partial charge in [0.05, 0.1) is 5.56 Å². The van der Waals surface area contributed by atoms with Crippen LogP contribution in [0.25, 0.3) is 0 Å². The molecule has 2 amide bonds. The van der Waals surface area contributed by atoms with E-state index in [1.54, 1.807) is 0 Å². The van der Waals surface area contributed by atoms with Crippen LogP contribution in [0.5, 0.6) is 0 Å². The van der Waals surface area contributed by atoms with Crippen LogP contribution in [-0.4, -0.2) is 18.4 Å². The third-order valence-corrected chi connectivity index (χ3v) is 6.14. The second kappa shape index (κ2) is 8.20. The van der Waals surface area contributed by atoms with Crippen LogP contribution >= 0.6 is 22.9 Å². The Labute approximate surface area is 161 Å². The van der Waals surface area contributed by atoms with E-state index in [2.05, 4.69) is 5.32 Å². The number of anilines is 1. The number of carbonyl (C=O) groups excluding carboxylic acids is 2. The number of thiophene rings is 1. The van der Waals surface area contributed by atoms with Crippen molar-refractivity contribution in [3.05, 3.63) is 50.9 Å². The Morgan fingerprint density at radius 2 is 2.12 bits per heavy atom. The molecule has 1 aromatic heterocycles. The van der Waals surface area contributed by atoms with Crippen molar-refractivity contribution in [1.29, 1.82) is 0 Å². The first kappa shape index (κ1) is 18.9. The summed E-state index contributed by atoms with van der Waals surface area (Å²) in [6.45, 7) is 2.28. The van der Waals surface area contributed by atoms with Crippen molar-refractivity contribution in [2.24, 2.45) is 5.73 Å². The fourth-order valence-corrected chi connectivity index (χ4v) is 4.81. The second-order valence-corrected chi connectivity index (χ2v) is 8.15. The quantitative estimate of drug-likeness (QED) is 0.705. The lowest BCUT2D eigenvalue weighted by Crippen LogP contribution is -2.86. The van der Waals surface area contributed by atoms with Crippen molar-refractivity contribution in [1.82, 2.24) is 0 Å². The number of halogens is 1. The molecule has 2 aromatic rings. The highest BCUT2D eigenvalue weighted by atomic mass is 35.5. The van der Waals surface area contributed by atoms with Crippen molar-refractivity contribution in [3.63, 3.8) is 0 Å². The summed E-state index contributed by atoms with van der Waals surface area (Å²) in [5, 5.41) is 6.11. The largest absolute Gasteiger partial charge is 0.365 e. The van der Waals surface area contributed by atoms with E-state index < -0.39 is 5.91 Å². The van der Waals surface area contributed by atoms with E-state index in [0.29, 0.717) is 15.6 Å². The molecule has 1 heterocycles. The van der Waals surface area contributed by atoms with Gasteiger partial charge >= 0.3 is 0 Å². The highest BCUT2D eigenvalue weighted by Gasteiger charge is 2.25. The lowest BCUT2D eigenvalue weighted by molar-refractivity contribution is -0.682. The Hall–Kier alpha value is -1.89. The van der Waals surface area contributed by atoms with Gasteiger partial charge in [-0.25, -0.2) is 0 Å². The minimum atomic E-state index is -0.462. The summed E-state index contributed by atoms with van der Waals surface area (Å²) in [5.74, 6) is -0.601. The number of quaternary nitrogens is 1. The molecular weight excluding hydrogens is 370 g/mol. The molecule has 0 spiro atoms. The number of nitrogens with one attached hydrogen (secondary N) is 1. The van der Waals surface area contributed by atoms with E-state index in [1.807, 2.05) is 36.5 Å². The van der Waals surface area contributed by atoms with Gasteiger partial charge in [0.1, 0.15) is 11.0 Å². The molecule has 5 nitrogen and oxygen atoms in total. The van der Waals surface area contributed by atoms with Crippen molar-refractivity contribution < 1.29 is 14.9 Å². The average molecular weight is 393 g/mol.